The number of nitrogens with one attached hydrogen (secondary N) is 2. The van der Waals surface area contributed by atoms with Crippen LogP contribution in [0.1, 0.15) is 19.4 Å². The van der Waals surface area contributed by atoms with Gasteiger partial charge in [0.05, 0.1) is 16.3 Å². The molecule has 0 unspecified atom stereocenters. The second kappa shape index (κ2) is 6.44. The number of hydrogen-bond acceptors (Lipinski definition) is 5. The van der Waals surface area contributed by atoms with Crippen LogP contribution in [0.2, 0.25) is 0 Å². The van der Waals surface area contributed by atoms with Gasteiger partial charge in [-0.05, 0) is 23.6 Å². The summed E-state index contributed by atoms with van der Waals surface area (Å²) in [6.07, 6.45) is 0. The van der Waals surface area contributed by atoms with Crippen LogP contribution in [0.15, 0.2) is 29.6 Å². The van der Waals surface area contributed by atoms with Crippen molar-refractivity contribution in [1.82, 2.24) is 10.6 Å². The molecule has 2 aromatic heterocycles. The van der Waals surface area contributed by atoms with Crippen molar-refractivity contribution >= 4 is 40.3 Å². The highest BCUT2D eigenvalue weighted by atomic mass is 32.1. The maximum Gasteiger partial charge on any atom is 0.309 e. The lowest BCUT2D eigenvalue weighted by Gasteiger charge is -2.01. The van der Waals surface area contributed by atoms with E-state index in [4.69, 9.17) is 0 Å². The summed E-state index contributed by atoms with van der Waals surface area (Å²) in [5, 5.41) is 6.58. The first-order valence-electron chi connectivity index (χ1n) is 5.78. The number of carbonyl (C=O) groups excluding carboxylic acids is 3. The van der Waals surface area contributed by atoms with Crippen molar-refractivity contribution in [2.75, 3.05) is 7.05 Å². The predicted molar refractivity (Wildman–Crippen MR) is 78.0 cm³/mol. The largest absolute Gasteiger partial charge is 0.351 e. The minimum Gasteiger partial charge on any atom is -0.351 e. The average molecular weight is 308 g/mol. The van der Waals surface area contributed by atoms with E-state index in [9.17, 15) is 14.4 Å². The molecule has 0 aromatic carbocycles. The van der Waals surface area contributed by atoms with Gasteiger partial charge >= 0.3 is 11.8 Å². The van der Waals surface area contributed by atoms with Gasteiger partial charge in [0.15, 0.2) is 0 Å². The Balaban J connectivity index is 1.98. The molecule has 0 aliphatic rings. The van der Waals surface area contributed by atoms with Crippen molar-refractivity contribution in [2.24, 2.45) is 0 Å². The van der Waals surface area contributed by atoms with E-state index in [2.05, 4.69) is 10.6 Å². The molecule has 0 aliphatic carbocycles. The molecule has 2 amide bonds. The van der Waals surface area contributed by atoms with Gasteiger partial charge < -0.3 is 10.6 Å². The van der Waals surface area contributed by atoms with E-state index in [1.165, 1.54) is 29.7 Å². The van der Waals surface area contributed by atoms with Gasteiger partial charge in [-0.25, -0.2) is 0 Å². The topological polar surface area (TPSA) is 75.3 Å². The Morgan fingerprint density at radius 2 is 1.90 bits per heavy atom. The molecule has 0 saturated heterocycles. The standard InChI is InChI=1S/C13H12N2O3S2/c1-14-12(17)13(18)15-7-8-4-5-10(20-8)11(16)9-3-2-6-19-9/h2-6H,7H2,1H3,(H,14,17)(H,15,18). The summed E-state index contributed by atoms with van der Waals surface area (Å²) >= 11 is 2.71. The van der Waals surface area contributed by atoms with Crippen LogP contribution in [0.4, 0.5) is 0 Å². The molecule has 2 rings (SSSR count). The molecule has 5 nitrogen and oxygen atoms in total. The number of amides is 2. The third-order valence-electron chi connectivity index (χ3n) is 2.49. The summed E-state index contributed by atoms with van der Waals surface area (Å²) in [7, 11) is 1.39. The summed E-state index contributed by atoms with van der Waals surface area (Å²) in [5.74, 6) is -1.39. The Bertz CT molecular complexity index is 632. The summed E-state index contributed by atoms with van der Waals surface area (Å²) in [6, 6.07) is 7.11. The fourth-order valence-electron chi connectivity index (χ4n) is 1.49. The van der Waals surface area contributed by atoms with Crippen LogP contribution in [0, 0.1) is 0 Å². The Morgan fingerprint density at radius 1 is 1.10 bits per heavy atom. The summed E-state index contributed by atoms with van der Waals surface area (Å²) in [4.78, 5) is 36.5. The lowest BCUT2D eigenvalue weighted by atomic mass is 10.3. The van der Waals surface area contributed by atoms with E-state index in [1.54, 1.807) is 18.2 Å². The molecule has 0 fully saturated rings. The van der Waals surface area contributed by atoms with Gasteiger partial charge in [-0.3, -0.25) is 14.4 Å². The molecule has 0 atom stereocenters. The zero-order valence-electron chi connectivity index (χ0n) is 10.6. The van der Waals surface area contributed by atoms with Gasteiger partial charge in [0.1, 0.15) is 0 Å². The Labute approximate surface area is 123 Å². The minimum atomic E-state index is -0.688. The first kappa shape index (κ1) is 14.4. The maximum absolute atomic E-state index is 12.1. The molecule has 2 N–H and O–H groups in total. The third-order valence-corrected chi connectivity index (χ3v) is 4.44. The van der Waals surface area contributed by atoms with E-state index < -0.39 is 11.8 Å². The van der Waals surface area contributed by atoms with Crippen LogP contribution in [0.5, 0.6) is 0 Å². The SMILES string of the molecule is CNC(=O)C(=O)NCc1ccc(C(=O)c2cccs2)s1. The summed E-state index contributed by atoms with van der Waals surface area (Å²) in [5.41, 5.74) is 0. The van der Waals surface area contributed by atoms with Crippen molar-refractivity contribution in [3.8, 4) is 0 Å². The van der Waals surface area contributed by atoms with Gasteiger partial charge in [0, 0.05) is 11.9 Å². The van der Waals surface area contributed by atoms with Crippen LogP contribution in [-0.2, 0) is 16.1 Å². The molecular weight excluding hydrogens is 296 g/mol. The zero-order valence-corrected chi connectivity index (χ0v) is 12.3. The molecule has 20 heavy (non-hydrogen) atoms. The zero-order chi connectivity index (χ0) is 14.5. The summed E-state index contributed by atoms with van der Waals surface area (Å²) < 4.78 is 0. The lowest BCUT2D eigenvalue weighted by Crippen LogP contribution is -2.37. The van der Waals surface area contributed by atoms with E-state index in [0.29, 0.717) is 9.75 Å². The van der Waals surface area contributed by atoms with Crippen molar-refractivity contribution in [3.63, 3.8) is 0 Å². The lowest BCUT2D eigenvalue weighted by molar-refractivity contribution is -0.138. The highest BCUT2D eigenvalue weighted by Crippen LogP contribution is 2.22. The van der Waals surface area contributed by atoms with Gasteiger partial charge in [-0.1, -0.05) is 6.07 Å². The van der Waals surface area contributed by atoms with Crippen LogP contribution in [0.3, 0.4) is 0 Å². The van der Waals surface area contributed by atoms with Crippen LogP contribution < -0.4 is 10.6 Å². The first-order chi connectivity index (χ1) is 9.61. The van der Waals surface area contributed by atoms with Crippen LogP contribution >= 0.6 is 22.7 Å². The van der Waals surface area contributed by atoms with Crippen molar-refractivity contribution in [1.29, 1.82) is 0 Å². The molecule has 0 spiro atoms. The molecule has 0 radical (unpaired) electrons. The van der Waals surface area contributed by atoms with Gasteiger partial charge in [0.25, 0.3) is 0 Å². The Hall–Kier alpha value is -1.99. The van der Waals surface area contributed by atoms with Gasteiger partial charge in [-0.15, -0.1) is 22.7 Å². The normalized spacial score (nSPS) is 10.1. The van der Waals surface area contributed by atoms with E-state index in [-0.39, 0.29) is 12.3 Å². The van der Waals surface area contributed by atoms with Crippen molar-refractivity contribution < 1.29 is 14.4 Å². The smallest absolute Gasteiger partial charge is 0.309 e. The summed E-state index contributed by atoms with van der Waals surface area (Å²) in [6.45, 7) is 0.231. The van der Waals surface area contributed by atoms with E-state index in [1.807, 2.05) is 11.4 Å². The number of rotatable bonds is 4. The highest BCUT2D eigenvalue weighted by molar-refractivity contribution is 7.16. The number of thiophene rings is 2. The molecule has 0 bridgehead atoms. The van der Waals surface area contributed by atoms with Crippen molar-refractivity contribution in [3.05, 3.63) is 44.3 Å². The van der Waals surface area contributed by atoms with Crippen molar-refractivity contribution in [2.45, 2.75) is 6.54 Å². The molecular formula is C13H12N2O3S2. The fraction of sp³-hybridized carbons (Fsp3) is 0.154. The maximum atomic E-state index is 12.1. The predicted octanol–water partition coefficient (Wildman–Crippen LogP) is 1.40. The number of likely N-dealkylation sites (N-methyl/N-ethyl adjacent to an activating group) is 1. The molecule has 0 aliphatic heterocycles. The molecule has 2 aromatic rings. The average Bonchev–Trinajstić information content (AvgIpc) is 3.14. The Kier molecular flexibility index (Phi) is 4.65. The van der Waals surface area contributed by atoms with E-state index in [0.717, 1.165) is 4.88 Å². The third kappa shape index (κ3) is 3.31. The van der Waals surface area contributed by atoms with Crippen LogP contribution in [-0.4, -0.2) is 24.6 Å². The second-order valence-corrected chi connectivity index (χ2v) is 5.95. The highest BCUT2D eigenvalue weighted by Gasteiger charge is 2.14. The van der Waals surface area contributed by atoms with Gasteiger partial charge in [-0.2, -0.15) is 0 Å². The van der Waals surface area contributed by atoms with Crippen LogP contribution in [0.25, 0.3) is 0 Å². The molecule has 2 heterocycles. The van der Waals surface area contributed by atoms with E-state index >= 15 is 0 Å². The number of ketones is 1. The monoisotopic (exact) mass is 308 g/mol. The van der Waals surface area contributed by atoms with Gasteiger partial charge in [0.2, 0.25) is 5.78 Å². The Morgan fingerprint density at radius 3 is 2.55 bits per heavy atom. The first-order valence-corrected chi connectivity index (χ1v) is 7.48. The number of hydrogen-bond donors (Lipinski definition) is 2. The molecule has 7 heteroatoms. The molecule has 104 valence electrons. The molecule has 0 saturated carbocycles. The fourth-order valence-corrected chi connectivity index (χ4v) is 3.13. The minimum absolute atomic E-state index is 0.0196. The second-order valence-electron chi connectivity index (χ2n) is 3.83. The quantitative estimate of drug-likeness (QED) is 0.662. The number of carbonyl (C=O) groups is 3.